The van der Waals surface area contributed by atoms with Gasteiger partial charge in [0.2, 0.25) is 0 Å². The molecule has 2 aromatic rings. The van der Waals surface area contributed by atoms with Crippen LogP contribution in [0.4, 0.5) is 4.39 Å². The van der Waals surface area contributed by atoms with Gasteiger partial charge in [0, 0.05) is 22.7 Å². The third-order valence-corrected chi connectivity index (χ3v) is 4.05. The van der Waals surface area contributed by atoms with Crippen LogP contribution in [-0.4, -0.2) is 7.11 Å². The summed E-state index contributed by atoms with van der Waals surface area (Å²) in [5.41, 5.74) is 7.89. The SMILES string of the molecule is COc1cc(F)c(Br)cc1C(N)Cc1ccccc1Cl. The van der Waals surface area contributed by atoms with Gasteiger partial charge >= 0.3 is 0 Å². The number of hydrogen-bond acceptors (Lipinski definition) is 2. The molecule has 0 aliphatic heterocycles. The first-order valence-corrected chi connectivity index (χ1v) is 7.22. The second-order valence-electron chi connectivity index (χ2n) is 4.41. The second kappa shape index (κ2) is 6.57. The molecule has 2 nitrogen and oxygen atoms in total. The van der Waals surface area contributed by atoms with Crippen molar-refractivity contribution >= 4 is 27.5 Å². The van der Waals surface area contributed by atoms with Crippen LogP contribution in [0.2, 0.25) is 5.02 Å². The van der Waals surface area contributed by atoms with Gasteiger partial charge in [-0.3, -0.25) is 0 Å². The molecule has 106 valence electrons. The summed E-state index contributed by atoms with van der Waals surface area (Å²) in [5, 5.41) is 0.670. The highest BCUT2D eigenvalue weighted by molar-refractivity contribution is 9.10. The summed E-state index contributed by atoms with van der Waals surface area (Å²) < 4.78 is 19.1. The summed E-state index contributed by atoms with van der Waals surface area (Å²) in [5.74, 6) is 0.0563. The van der Waals surface area contributed by atoms with Crippen LogP contribution in [0.15, 0.2) is 40.9 Å². The molecule has 0 amide bonds. The fraction of sp³-hybridized carbons (Fsp3) is 0.200. The summed E-state index contributed by atoms with van der Waals surface area (Å²) in [6, 6.07) is 10.2. The monoisotopic (exact) mass is 357 g/mol. The zero-order chi connectivity index (χ0) is 14.7. The van der Waals surface area contributed by atoms with Crippen LogP contribution in [0.25, 0.3) is 0 Å². The summed E-state index contributed by atoms with van der Waals surface area (Å²) in [6.07, 6.45) is 0.550. The van der Waals surface area contributed by atoms with E-state index in [0.717, 1.165) is 11.1 Å². The van der Waals surface area contributed by atoms with E-state index in [-0.39, 0.29) is 11.9 Å². The first-order chi connectivity index (χ1) is 9.52. The summed E-state index contributed by atoms with van der Waals surface area (Å²) in [4.78, 5) is 0. The van der Waals surface area contributed by atoms with Crippen molar-refractivity contribution in [2.45, 2.75) is 12.5 Å². The highest BCUT2D eigenvalue weighted by Gasteiger charge is 2.16. The van der Waals surface area contributed by atoms with Crippen molar-refractivity contribution in [1.82, 2.24) is 0 Å². The van der Waals surface area contributed by atoms with Gasteiger partial charge in [0.05, 0.1) is 11.6 Å². The van der Waals surface area contributed by atoms with Crippen molar-refractivity contribution in [3.8, 4) is 5.75 Å². The minimum Gasteiger partial charge on any atom is -0.496 e. The van der Waals surface area contributed by atoms with E-state index in [4.69, 9.17) is 22.1 Å². The average Bonchev–Trinajstić information content (AvgIpc) is 2.43. The Bertz CT molecular complexity index is 621. The van der Waals surface area contributed by atoms with E-state index in [1.165, 1.54) is 13.2 Å². The van der Waals surface area contributed by atoms with Gasteiger partial charge in [-0.05, 0) is 40.0 Å². The molecule has 2 N–H and O–H groups in total. The minimum atomic E-state index is -0.379. The van der Waals surface area contributed by atoms with Crippen molar-refractivity contribution < 1.29 is 9.13 Å². The molecule has 2 rings (SSSR count). The van der Waals surface area contributed by atoms with E-state index in [2.05, 4.69) is 15.9 Å². The zero-order valence-corrected chi connectivity index (χ0v) is 13.2. The number of benzene rings is 2. The van der Waals surface area contributed by atoms with Crippen LogP contribution >= 0.6 is 27.5 Å². The number of halogens is 3. The standard InChI is InChI=1S/C15H14BrClFNO/c1-20-15-8-13(18)11(16)7-10(15)14(19)6-9-4-2-3-5-12(9)17/h2-5,7-8,14H,6,19H2,1H3. The quantitative estimate of drug-likeness (QED) is 0.874. The molecule has 0 aliphatic rings. The van der Waals surface area contributed by atoms with Gasteiger partial charge in [-0.1, -0.05) is 29.8 Å². The summed E-state index contributed by atoms with van der Waals surface area (Å²) >= 11 is 9.30. The maximum absolute atomic E-state index is 13.5. The lowest BCUT2D eigenvalue weighted by atomic mass is 9.99. The number of rotatable bonds is 4. The van der Waals surface area contributed by atoms with Crippen molar-refractivity contribution in [3.05, 3.63) is 62.8 Å². The molecule has 0 aliphatic carbocycles. The summed E-state index contributed by atoms with van der Waals surface area (Å²) in [6.45, 7) is 0. The number of methoxy groups -OCH3 is 1. The van der Waals surface area contributed by atoms with Gasteiger partial charge in [0.25, 0.3) is 0 Å². The molecule has 0 saturated carbocycles. The van der Waals surface area contributed by atoms with Gasteiger partial charge in [-0.2, -0.15) is 0 Å². The molecule has 1 atom stereocenters. The first kappa shape index (κ1) is 15.3. The molecule has 1 unspecified atom stereocenters. The van der Waals surface area contributed by atoms with Crippen molar-refractivity contribution in [2.75, 3.05) is 7.11 Å². The van der Waals surface area contributed by atoms with Crippen LogP contribution in [0.5, 0.6) is 5.75 Å². The maximum Gasteiger partial charge on any atom is 0.141 e. The highest BCUT2D eigenvalue weighted by Crippen LogP contribution is 2.32. The lowest BCUT2D eigenvalue weighted by molar-refractivity contribution is 0.401. The molecule has 0 heterocycles. The van der Waals surface area contributed by atoms with Gasteiger partial charge in [-0.15, -0.1) is 0 Å². The number of nitrogens with two attached hydrogens (primary N) is 1. The predicted octanol–water partition coefficient (Wildman–Crippen LogP) is 4.49. The third-order valence-electron chi connectivity index (χ3n) is 3.07. The van der Waals surface area contributed by atoms with E-state index in [1.807, 2.05) is 24.3 Å². The van der Waals surface area contributed by atoms with Crippen LogP contribution < -0.4 is 10.5 Å². The fourth-order valence-corrected chi connectivity index (χ4v) is 2.60. The Morgan fingerprint density at radius 2 is 2.05 bits per heavy atom. The maximum atomic E-state index is 13.5. The Hall–Kier alpha value is -1.10. The topological polar surface area (TPSA) is 35.2 Å². The fourth-order valence-electron chi connectivity index (χ4n) is 2.02. The zero-order valence-electron chi connectivity index (χ0n) is 10.9. The molecule has 0 bridgehead atoms. The van der Waals surface area contributed by atoms with E-state index < -0.39 is 0 Å². The molecule has 2 aromatic carbocycles. The molecular formula is C15H14BrClFNO. The smallest absolute Gasteiger partial charge is 0.141 e. The Morgan fingerprint density at radius 1 is 1.35 bits per heavy atom. The molecule has 0 saturated heterocycles. The Morgan fingerprint density at radius 3 is 2.70 bits per heavy atom. The lowest BCUT2D eigenvalue weighted by Gasteiger charge is -2.17. The van der Waals surface area contributed by atoms with Crippen LogP contribution in [-0.2, 0) is 6.42 Å². The van der Waals surface area contributed by atoms with Crippen molar-refractivity contribution in [1.29, 1.82) is 0 Å². The van der Waals surface area contributed by atoms with E-state index in [0.29, 0.717) is 21.7 Å². The van der Waals surface area contributed by atoms with Gasteiger partial charge in [0.15, 0.2) is 0 Å². The first-order valence-electron chi connectivity index (χ1n) is 6.05. The lowest BCUT2D eigenvalue weighted by Crippen LogP contribution is -2.15. The molecule has 0 spiro atoms. The minimum absolute atomic E-state index is 0.332. The molecule has 0 aromatic heterocycles. The van der Waals surface area contributed by atoms with Crippen LogP contribution in [0.1, 0.15) is 17.2 Å². The molecule has 0 radical (unpaired) electrons. The van der Waals surface area contributed by atoms with Crippen LogP contribution in [0, 0.1) is 5.82 Å². The van der Waals surface area contributed by atoms with Crippen molar-refractivity contribution in [3.63, 3.8) is 0 Å². The summed E-state index contributed by atoms with van der Waals surface area (Å²) in [7, 11) is 1.49. The second-order valence-corrected chi connectivity index (χ2v) is 5.67. The van der Waals surface area contributed by atoms with E-state index in [9.17, 15) is 4.39 Å². The largest absolute Gasteiger partial charge is 0.496 e. The normalized spacial score (nSPS) is 12.2. The molecular weight excluding hydrogens is 345 g/mol. The number of ether oxygens (including phenoxy) is 1. The Kier molecular flexibility index (Phi) is 5.02. The third kappa shape index (κ3) is 3.32. The molecule has 0 fully saturated rings. The highest BCUT2D eigenvalue weighted by atomic mass is 79.9. The van der Waals surface area contributed by atoms with Gasteiger partial charge in [0.1, 0.15) is 11.6 Å². The Balaban J connectivity index is 2.32. The van der Waals surface area contributed by atoms with Crippen molar-refractivity contribution in [2.24, 2.45) is 5.73 Å². The van der Waals surface area contributed by atoms with Gasteiger partial charge in [-0.25, -0.2) is 4.39 Å². The molecule has 20 heavy (non-hydrogen) atoms. The van der Waals surface area contributed by atoms with E-state index >= 15 is 0 Å². The predicted molar refractivity (Wildman–Crippen MR) is 82.7 cm³/mol. The number of hydrogen-bond donors (Lipinski definition) is 1. The Labute approximate surface area is 130 Å². The average molecular weight is 359 g/mol. The molecule has 5 heteroatoms. The van der Waals surface area contributed by atoms with E-state index in [1.54, 1.807) is 6.07 Å². The van der Waals surface area contributed by atoms with Gasteiger partial charge < -0.3 is 10.5 Å². The van der Waals surface area contributed by atoms with Crippen LogP contribution in [0.3, 0.4) is 0 Å².